The molecule has 0 N–H and O–H groups in total. The Morgan fingerprint density at radius 1 is 0.457 bits per heavy atom. The summed E-state index contributed by atoms with van der Waals surface area (Å²) in [5.74, 6) is 0. The number of nitrogens with zero attached hydrogens (tertiary/aromatic N) is 2. The first-order valence-electron chi connectivity index (χ1n) is 16.6. The maximum atomic E-state index is 13.3. The minimum absolute atomic E-state index is 0.100. The van der Waals surface area contributed by atoms with E-state index >= 15 is 0 Å². The minimum atomic E-state index is -0.468. The first-order valence-corrected chi connectivity index (χ1v) is 16.6. The van der Waals surface area contributed by atoms with E-state index in [0.29, 0.717) is 13.2 Å². The maximum absolute atomic E-state index is 13.3. The Balaban J connectivity index is 1.27. The van der Waals surface area contributed by atoms with Crippen LogP contribution < -0.4 is 22.2 Å². The smallest absolute Gasteiger partial charge is 0.261 e. The van der Waals surface area contributed by atoms with Crippen LogP contribution in [0.2, 0.25) is 0 Å². The Morgan fingerprint density at radius 2 is 0.783 bits per heavy atom. The molecule has 0 aliphatic rings. The molecule has 0 bridgehead atoms. The average Bonchev–Trinajstić information content (AvgIpc) is 3.44. The van der Waals surface area contributed by atoms with Crippen molar-refractivity contribution in [2.24, 2.45) is 0 Å². The zero-order chi connectivity index (χ0) is 32.5. The molecule has 5 aromatic rings. The molecule has 0 atom stereocenters. The Hall–Kier alpha value is -4.14. The van der Waals surface area contributed by atoms with E-state index in [4.69, 9.17) is 9.47 Å². The lowest BCUT2D eigenvalue weighted by Gasteiger charge is -2.06. The van der Waals surface area contributed by atoms with E-state index in [-0.39, 0.29) is 34.6 Å². The normalized spacial score (nSPS) is 11.7. The minimum Gasteiger partial charge on any atom is -0.377 e. The molecular formula is C38H44N2O6. The first-order chi connectivity index (χ1) is 22.4. The van der Waals surface area contributed by atoms with Gasteiger partial charge in [-0.3, -0.25) is 28.3 Å². The van der Waals surface area contributed by atoms with E-state index in [2.05, 4.69) is 13.8 Å². The lowest BCUT2D eigenvalue weighted by atomic mass is 10.1. The number of hydrogen-bond acceptors (Lipinski definition) is 6. The van der Waals surface area contributed by atoms with Gasteiger partial charge in [-0.1, -0.05) is 101 Å². The number of ether oxygens (including phenoxy) is 2. The van der Waals surface area contributed by atoms with E-state index in [9.17, 15) is 19.2 Å². The van der Waals surface area contributed by atoms with Crippen molar-refractivity contribution >= 4 is 21.5 Å². The monoisotopic (exact) mass is 624 g/mol. The van der Waals surface area contributed by atoms with Crippen LogP contribution in [0.25, 0.3) is 21.5 Å². The molecule has 0 unspecified atom stereocenters. The molecule has 0 radical (unpaired) electrons. The zero-order valence-corrected chi connectivity index (χ0v) is 27.0. The van der Waals surface area contributed by atoms with Crippen LogP contribution >= 0.6 is 0 Å². The van der Waals surface area contributed by atoms with Crippen LogP contribution in [-0.2, 0) is 35.8 Å². The van der Waals surface area contributed by atoms with Gasteiger partial charge < -0.3 is 9.47 Å². The molecule has 0 amide bonds. The summed E-state index contributed by atoms with van der Waals surface area (Å²) in [6.07, 6.45) is 9.26. The third kappa shape index (κ3) is 7.80. The van der Waals surface area contributed by atoms with Crippen molar-refractivity contribution in [1.29, 1.82) is 0 Å². The van der Waals surface area contributed by atoms with Crippen molar-refractivity contribution in [2.75, 3.05) is 13.2 Å². The van der Waals surface area contributed by atoms with Crippen LogP contribution in [-0.4, -0.2) is 22.3 Å². The van der Waals surface area contributed by atoms with E-state index in [1.54, 1.807) is 0 Å². The van der Waals surface area contributed by atoms with Gasteiger partial charge in [0.25, 0.3) is 22.2 Å². The molecule has 46 heavy (non-hydrogen) atoms. The van der Waals surface area contributed by atoms with Gasteiger partial charge in [-0.15, -0.1) is 0 Å². The number of hydrogen-bond donors (Lipinski definition) is 0. The summed E-state index contributed by atoms with van der Waals surface area (Å²) in [5, 5.41) is 0.607. The lowest BCUT2D eigenvalue weighted by Crippen LogP contribution is -2.26. The molecule has 8 heteroatoms. The average molecular weight is 625 g/mol. The summed E-state index contributed by atoms with van der Waals surface area (Å²) in [6.45, 7) is 7.05. The van der Waals surface area contributed by atoms with Crippen LogP contribution in [0.4, 0.5) is 0 Å². The van der Waals surface area contributed by atoms with Gasteiger partial charge in [-0.2, -0.15) is 0 Å². The molecule has 242 valence electrons. The maximum Gasteiger partial charge on any atom is 0.261 e. The summed E-state index contributed by atoms with van der Waals surface area (Å²) in [5.41, 5.74) is 1.78. The fourth-order valence-corrected chi connectivity index (χ4v) is 5.85. The van der Waals surface area contributed by atoms with Gasteiger partial charge in [0.1, 0.15) is 0 Å². The third-order valence-electron chi connectivity index (χ3n) is 8.61. The van der Waals surface area contributed by atoms with Gasteiger partial charge in [0.15, 0.2) is 0 Å². The van der Waals surface area contributed by atoms with Gasteiger partial charge >= 0.3 is 0 Å². The van der Waals surface area contributed by atoms with E-state index in [1.807, 2.05) is 48.5 Å². The molecule has 8 nitrogen and oxygen atoms in total. The van der Waals surface area contributed by atoms with E-state index < -0.39 is 22.2 Å². The number of aromatic nitrogens is 2. The van der Waals surface area contributed by atoms with Crippen molar-refractivity contribution in [3.8, 4) is 0 Å². The molecule has 0 aliphatic heterocycles. The SMILES string of the molecule is CCCCCCOCc1ccc(Cn2c(=O)c3cc4c(=O)n(Cc5ccc(COCCCCCC)cc5)c(=O)c4cc3c2=O)cc1. The van der Waals surface area contributed by atoms with E-state index in [1.165, 1.54) is 59.8 Å². The predicted molar refractivity (Wildman–Crippen MR) is 184 cm³/mol. The van der Waals surface area contributed by atoms with Crippen molar-refractivity contribution in [3.63, 3.8) is 0 Å². The second kappa shape index (κ2) is 15.9. The fraction of sp³-hybridized carbons (Fsp3) is 0.421. The van der Waals surface area contributed by atoms with Gasteiger partial charge in [-0.05, 0) is 47.2 Å². The highest BCUT2D eigenvalue weighted by Gasteiger charge is 2.20. The molecule has 0 spiro atoms. The summed E-state index contributed by atoms with van der Waals surface area (Å²) in [4.78, 5) is 53.3. The zero-order valence-electron chi connectivity index (χ0n) is 27.0. The van der Waals surface area contributed by atoms with Crippen molar-refractivity contribution in [3.05, 3.63) is 124 Å². The van der Waals surface area contributed by atoms with Crippen LogP contribution in [0.5, 0.6) is 0 Å². The standard InChI is InChI=1S/C38H44N2O6/c1-3-5-7-9-19-45-25-29-15-11-27(12-16-29)23-39-35(41)31-21-33-34(22-32(31)36(39)42)38(44)40(37(33)43)24-28-13-17-30(18-14-28)26-46-20-10-8-6-4-2/h11-18,21-22H,3-10,19-20,23-26H2,1-2H3. The van der Waals surface area contributed by atoms with Crippen LogP contribution in [0.15, 0.2) is 79.8 Å². The Morgan fingerprint density at radius 3 is 1.11 bits per heavy atom. The second-order valence-electron chi connectivity index (χ2n) is 12.2. The highest BCUT2D eigenvalue weighted by atomic mass is 16.5. The molecule has 0 aliphatic carbocycles. The summed E-state index contributed by atoms with van der Waals surface area (Å²) in [7, 11) is 0. The molecular weight excluding hydrogens is 580 g/mol. The molecule has 2 aromatic heterocycles. The van der Waals surface area contributed by atoms with Crippen molar-refractivity contribution < 1.29 is 9.47 Å². The van der Waals surface area contributed by atoms with Crippen LogP contribution in [0.1, 0.15) is 87.5 Å². The predicted octanol–water partition coefficient (Wildman–Crippen LogP) is 6.20. The molecule has 2 heterocycles. The summed E-state index contributed by atoms with van der Waals surface area (Å²) >= 11 is 0. The van der Waals surface area contributed by atoms with Gasteiger partial charge in [0.05, 0.1) is 47.8 Å². The number of fused-ring (bicyclic) bond motifs is 2. The highest BCUT2D eigenvalue weighted by molar-refractivity contribution is 5.97. The quantitative estimate of drug-likeness (QED) is 0.108. The van der Waals surface area contributed by atoms with Gasteiger partial charge in [0, 0.05) is 13.2 Å². The molecule has 0 saturated carbocycles. The molecule has 3 aromatic carbocycles. The molecule has 5 rings (SSSR count). The Bertz CT molecular complexity index is 1730. The van der Waals surface area contributed by atoms with Gasteiger partial charge in [0.2, 0.25) is 0 Å². The largest absolute Gasteiger partial charge is 0.377 e. The fourth-order valence-electron chi connectivity index (χ4n) is 5.85. The van der Waals surface area contributed by atoms with Crippen molar-refractivity contribution in [2.45, 2.75) is 91.5 Å². The van der Waals surface area contributed by atoms with Crippen molar-refractivity contribution in [1.82, 2.24) is 9.13 Å². The van der Waals surface area contributed by atoms with E-state index in [0.717, 1.165) is 48.3 Å². The molecule has 0 saturated heterocycles. The summed E-state index contributed by atoms with van der Waals surface area (Å²) in [6, 6.07) is 18.1. The Kier molecular flexibility index (Phi) is 11.5. The molecule has 0 fully saturated rings. The van der Waals surface area contributed by atoms with Crippen LogP contribution in [0.3, 0.4) is 0 Å². The third-order valence-corrected chi connectivity index (χ3v) is 8.61. The van der Waals surface area contributed by atoms with Gasteiger partial charge in [-0.25, -0.2) is 0 Å². The lowest BCUT2D eigenvalue weighted by molar-refractivity contribution is 0.116. The number of benzene rings is 3. The number of rotatable bonds is 18. The second-order valence-corrected chi connectivity index (χ2v) is 12.2. The number of unbranched alkanes of at least 4 members (excludes halogenated alkanes) is 6. The Labute approximate surface area is 268 Å². The topological polar surface area (TPSA) is 96.6 Å². The highest BCUT2D eigenvalue weighted by Crippen LogP contribution is 2.16. The van der Waals surface area contributed by atoms with Crippen LogP contribution in [0, 0.1) is 0 Å². The first kappa shape index (κ1) is 33.2. The summed E-state index contributed by atoms with van der Waals surface area (Å²) < 4.78 is 13.9.